The smallest absolute Gasteiger partial charge is 0.124 e. The summed E-state index contributed by atoms with van der Waals surface area (Å²) >= 11 is 0. The van der Waals surface area contributed by atoms with Crippen molar-refractivity contribution in [3.05, 3.63) is 59.2 Å². The second kappa shape index (κ2) is 8.57. The number of rotatable bonds is 5. The zero-order chi connectivity index (χ0) is 23.4. The minimum absolute atomic E-state index is 0.00983. The molecule has 2 N–H and O–H groups in total. The lowest BCUT2D eigenvalue weighted by Gasteiger charge is -2.54. The highest BCUT2D eigenvalue weighted by Gasteiger charge is 2.57. The zero-order valence-electron chi connectivity index (χ0n) is 20.6. The number of ether oxygens (including phenoxy) is 1. The predicted molar refractivity (Wildman–Crippen MR) is 134 cm³/mol. The molecule has 1 aliphatic heterocycles. The molecule has 4 aliphatic rings. The molecule has 2 saturated carbocycles. The lowest BCUT2D eigenvalue weighted by molar-refractivity contribution is -0.0323. The van der Waals surface area contributed by atoms with Crippen molar-refractivity contribution in [3.8, 4) is 11.5 Å². The van der Waals surface area contributed by atoms with E-state index >= 15 is 0 Å². The lowest BCUT2D eigenvalue weighted by Crippen LogP contribution is -2.53. The van der Waals surface area contributed by atoms with Crippen molar-refractivity contribution in [1.29, 1.82) is 0 Å². The average Bonchev–Trinajstić information content (AvgIpc) is 3.11. The van der Waals surface area contributed by atoms with Gasteiger partial charge in [-0.1, -0.05) is 32.0 Å². The summed E-state index contributed by atoms with van der Waals surface area (Å²) in [5, 5.41) is 21.2. The molecule has 0 spiro atoms. The maximum Gasteiger partial charge on any atom is 0.124 e. The molecule has 3 fully saturated rings. The standard InChI is InChI=1S/C30H39NO3/c1-3-14-31-17-23(18-31)34-22-8-4-19(5-9-22)26-16-30(2)27(12-13-28(30)33)25-10-6-20-15-21(32)7-11-24(20)29(25)26/h4-5,7-9,11,15,23,25-29,32-33H,3,6,10,12-14,16-18H2,1-2H3/t25-,26+,27-,28-,29?,30-/m0/s1. The molecule has 2 aromatic rings. The Hall–Kier alpha value is -2.04. The van der Waals surface area contributed by atoms with Crippen LogP contribution in [0.5, 0.6) is 11.5 Å². The second-order valence-electron chi connectivity index (χ2n) is 11.7. The van der Waals surface area contributed by atoms with Crippen LogP contribution in [0.15, 0.2) is 42.5 Å². The van der Waals surface area contributed by atoms with Crippen molar-refractivity contribution >= 4 is 0 Å². The monoisotopic (exact) mass is 461 g/mol. The number of aliphatic hydroxyl groups is 1. The van der Waals surface area contributed by atoms with Crippen LogP contribution in [-0.2, 0) is 6.42 Å². The molecule has 1 heterocycles. The van der Waals surface area contributed by atoms with E-state index in [1.165, 1.54) is 23.1 Å². The lowest BCUT2D eigenvalue weighted by atomic mass is 9.51. The van der Waals surface area contributed by atoms with Crippen LogP contribution in [0, 0.1) is 17.3 Å². The van der Waals surface area contributed by atoms with E-state index in [2.05, 4.69) is 49.1 Å². The number of aryl methyl sites for hydroxylation is 1. The number of phenols is 1. The van der Waals surface area contributed by atoms with Gasteiger partial charge >= 0.3 is 0 Å². The third-order valence-electron chi connectivity index (χ3n) is 9.74. The minimum atomic E-state index is -0.200. The van der Waals surface area contributed by atoms with E-state index in [0.29, 0.717) is 35.5 Å². The molecule has 0 bridgehead atoms. The van der Waals surface area contributed by atoms with Crippen molar-refractivity contribution in [2.24, 2.45) is 17.3 Å². The largest absolute Gasteiger partial charge is 0.508 e. The van der Waals surface area contributed by atoms with Gasteiger partial charge in [0.2, 0.25) is 0 Å². The van der Waals surface area contributed by atoms with Gasteiger partial charge in [0, 0.05) is 13.1 Å². The van der Waals surface area contributed by atoms with Gasteiger partial charge in [0.15, 0.2) is 0 Å². The van der Waals surface area contributed by atoms with Gasteiger partial charge in [-0.2, -0.15) is 0 Å². The Kier molecular flexibility index (Phi) is 5.65. The molecule has 182 valence electrons. The van der Waals surface area contributed by atoms with Gasteiger partial charge in [-0.25, -0.2) is 0 Å². The fraction of sp³-hybridized carbons (Fsp3) is 0.600. The highest BCUT2D eigenvalue weighted by molar-refractivity contribution is 5.43. The quantitative estimate of drug-likeness (QED) is 0.619. The molecule has 6 atom stereocenters. The maximum absolute atomic E-state index is 11.0. The third kappa shape index (κ3) is 3.65. The number of hydrogen-bond donors (Lipinski definition) is 2. The average molecular weight is 462 g/mol. The Morgan fingerprint density at radius 2 is 1.85 bits per heavy atom. The van der Waals surface area contributed by atoms with Crippen molar-refractivity contribution < 1.29 is 14.9 Å². The van der Waals surface area contributed by atoms with Crippen LogP contribution in [0.2, 0.25) is 0 Å². The highest BCUT2D eigenvalue weighted by atomic mass is 16.5. The normalized spacial score (nSPS) is 35.2. The minimum Gasteiger partial charge on any atom is -0.508 e. The number of aliphatic hydroxyl groups excluding tert-OH is 1. The molecule has 0 aromatic heterocycles. The molecule has 34 heavy (non-hydrogen) atoms. The van der Waals surface area contributed by atoms with E-state index < -0.39 is 0 Å². The summed E-state index contributed by atoms with van der Waals surface area (Å²) in [4.78, 5) is 2.45. The maximum atomic E-state index is 11.0. The van der Waals surface area contributed by atoms with E-state index in [0.717, 1.165) is 57.5 Å². The van der Waals surface area contributed by atoms with E-state index in [1.54, 1.807) is 0 Å². The Morgan fingerprint density at radius 3 is 2.62 bits per heavy atom. The summed E-state index contributed by atoms with van der Waals surface area (Å²) in [5.41, 5.74) is 4.09. The molecule has 1 saturated heterocycles. The molecule has 4 heteroatoms. The number of nitrogens with zero attached hydrogens (tertiary/aromatic N) is 1. The number of aromatic hydroxyl groups is 1. The molecule has 6 rings (SSSR count). The molecular weight excluding hydrogens is 422 g/mol. The van der Waals surface area contributed by atoms with Gasteiger partial charge in [-0.15, -0.1) is 0 Å². The fourth-order valence-electron chi connectivity index (χ4n) is 8.08. The van der Waals surface area contributed by atoms with Gasteiger partial charge in [0.05, 0.1) is 6.10 Å². The topological polar surface area (TPSA) is 52.9 Å². The Morgan fingerprint density at radius 1 is 1.06 bits per heavy atom. The molecule has 0 amide bonds. The van der Waals surface area contributed by atoms with E-state index in [1.807, 2.05) is 12.1 Å². The number of phenolic OH excluding ortho intramolecular Hbond substituents is 1. The van der Waals surface area contributed by atoms with Crippen molar-refractivity contribution in [3.63, 3.8) is 0 Å². The first-order valence-corrected chi connectivity index (χ1v) is 13.4. The summed E-state index contributed by atoms with van der Waals surface area (Å²) in [6, 6.07) is 14.9. The van der Waals surface area contributed by atoms with E-state index in [9.17, 15) is 10.2 Å². The summed E-state index contributed by atoms with van der Waals surface area (Å²) in [5.74, 6) is 3.34. The number of likely N-dealkylation sites (tertiary alicyclic amines) is 1. The van der Waals surface area contributed by atoms with E-state index in [-0.39, 0.29) is 11.5 Å². The first-order chi connectivity index (χ1) is 16.5. The Labute approximate surface area is 203 Å². The van der Waals surface area contributed by atoms with E-state index in [4.69, 9.17) is 4.74 Å². The Balaban J connectivity index is 1.29. The molecule has 3 aliphatic carbocycles. The van der Waals surface area contributed by atoms with Gasteiger partial charge in [-0.3, -0.25) is 4.90 Å². The molecule has 4 nitrogen and oxygen atoms in total. The van der Waals surface area contributed by atoms with Gasteiger partial charge < -0.3 is 14.9 Å². The predicted octanol–water partition coefficient (Wildman–Crippen LogP) is 5.48. The van der Waals surface area contributed by atoms with Crippen LogP contribution in [0.3, 0.4) is 0 Å². The van der Waals surface area contributed by atoms with Crippen molar-refractivity contribution in [1.82, 2.24) is 4.90 Å². The summed E-state index contributed by atoms with van der Waals surface area (Å²) in [7, 11) is 0. The zero-order valence-corrected chi connectivity index (χ0v) is 20.6. The van der Waals surface area contributed by atoms with Crippen LogP contribution in [0.4, 0.5) is 0 Å². The van der Waals surface area contributed by atoms with Crippen molar-refractivity contribution in [2.75, 3.05) is 19.6 Å². The van der Waals surface area contributed by atoms with Gasteiger partial charge in [0.1, 0.15) is 17.6 Å². The van der Waals surface area contributed by atoms with Crippen LogP contribution >= 0.6 is 0 Å². The van der Waals surface area contributed by atoms with Crippen LogP contribution < -0.4 is 4.74 Å². The highest BCUT2D eigenvalue weighted by Crippen LogP contribution is 2.65. The number of fused-ring (bicyclic) bond motifs is 5. The van der Waals surface area contributed by atoms with Crippen LogP contribution in [0.1, 0.15) is 74.5 Å². The second-order valence-corrected chi connectivity index (χ2v) is 11.7. The number of benzene rings is 2. The number of hydrogen-bond acceptors (Lipinski definition) is 4. The van der Waals surface area contributed by atoms with Crippen LogP contribution in [-0.4, -0.2) is 47.0 Å². The molecule has 0 radical (unpaired) electrons. The van der Waals surface area contributed by atoms with Gasteiger partial charge in [-0.05, 0) is 115 Å². The fourth-order valence-corrected chi connectivity index (χ4v) is 8.08. The van der Waals surface area contributed by atoms with Gasteiger partial charge in [0.25, 0.3) is 0 Å². The molecule has 2 aromatic carbocycles. The summed E-state index contributed by atoms with van der Waals surface area (Å²) in [6.45, 7) is 7.80. The summed E-state index contributed by atoms with van der Waals surface area (Å²) in [6.07, 6.45) is 6.59. The molecular formula is C30H39NO3. The summed E-state index contributed by atoms with van der Waals surface area (Å²) < 4.78 is 6.24. The Bertz CT molecular complexity index is 1030. The molecule has 1 unspecified atom stereocenters. The van der Waals surface area contributed by atoms with Crippen molar-refractivity contribution in [2.45, 2.75) is 76.4 Å². The third-order valence-corrected chi connectivity index (χ3v) is 9.74. The first-order valence-electron chi connectivity index (χ1n) is 13.4. The van der Waals surface area contributed by atoms with Crippen LogP contribution in [0.25, 0.3) is 0 Å². The SMILES string of the molecule is CCCN1CC(Oc2ccc([C@H]3C[C@]4(C)[C@@H](O)CC[C@H]4[C@@H]4CCc5cc(O)ccc5C34)cc2)C1. The first kappa shape index (κ1) is 22.4.